The second-order valence-corrected chi connectivity index (χ2v) is 10.3. The average molecular weight is 550 g/mol. The fraction of sp³-hybridized carbons (Fsp3) is 0.360. The molecule has 0 spiro atoms. The number of esters is 1. The van der Waals surface area contributed by atoms with Crippen molar-refractivity contribution in [1.82, 2.24) is 14.5 Å². The molecule has 3 N–H and O–H groups in total. The summed E-state index contributed by atoms with van der Waals surface area (Å²) >= 11 is 0. The average Bonchev–Trinajstić information content (AvgIpc) is 3.15. The first-order valence-electron chi connectivity index (χ1n) is 11.6. The molecule has 1 amide bonds. The topological polar surface area (TPSA) is 148 Å². The zero-order valence-electron chi connectivity index (χ0n) is 21.1. The van der Waals surface area contributed by atoms with Gasteiger partial charge in [0.25, 0.3) is 5.91 Å². The molecule has 0 aliphatic heterocycles. The number of nitrogens with two attached hydrogens (primary N) is 1. The molecule has 0 bridgehead atoms. The van der Waals surface area contributed by atoms with Crippen molar-refractivity contribution in [1.29, 1.82) is 5.41 Å². The van der Waals surface area contributed by atoms with E-state index in [4.69, 9.17) is 15.9 Å². The van der Waals surface area contributed by atoms with Gasteiger partial charge in [0.1, 0.15) is 17.4 Å². The van der Waals surface area contributed by atoms with E-state index in [9.17, 15) is 18.0 Å². The highest BCUT2D eigenvalue weighted by atomic mass is 35.5. The maximum Gasteiger partial charge on any atom is 0.307 e. The molecule has 3 aromatic rings. The monoisotopic (exact) mass is 549 g/mol. The Labute approximate surface area is 222 Å². The highest BCUT2D eigenvalue weighted by molar-refractivity contribution is 7.90. The first-order chi connectivity index (χ1) is 17.1. The van der Waals surface area contributed by atoms with Gasteiger partial charge in [0.15, 0.2) is 9.84 Å². The summed E-state index contributed by atoms with van der Waals surface area (Å²) in [5.74, 6) is -0.722. The van der Waals surface area contributed by atoms with Gasteiger partial charge in [-0.2, -0.15) is 0 Å². The van der Waals surface area contributed by atoms with Crippen LogP contribution in [0.2, 0.25) is 0 Å². The maximum atomic E-state index is 13.1. The predicted molar refractivity (Wildman–Crippen MR) is 144 cm³/mol. The number of rotatable bonds is 11. The number of hydrogen-bond acceptors (Lipinski definition) is 7. The van der Waals surface area contributed by atoms with E-state index < -0.39 is 9.84 Å². The fourth-order valence-corrected chi connectivity index (χ4v) is 5.15. The van der Waals surface area contributed by atoms with Crippen molar-refractivity contribution in [3.63, 3.8) is 0 Å². The number of amides is 1. The summed E-state index contributed by atoms with van der Waals surface area (Å²) in [7, 11) is -1.98. The molecule has 0 radical (unpaired) electrons. The van der Waals surface area contributed by atoms with Gasteiger partial charge in [-0.15, -0.1) is 12.4 Å². The van der Waals surface area contributed by atoms with Crippen LogP contribution in [0.15, 0.2) is 47.4 Å². The number of benzene rings is 2. The number of carbonyl (C=O) groups is 2. The molecule has 0 saturated carbocycles. The molecule has 200 valence electrons. The highest BCUT2D eigenvalue weighted by Gasteiger charge is 2.22. The summed E-state index contributed by atoms with van der Waals surface area (Å²) in [5, 5.41) is 7.45. The quantitative estimate of drug-likeness (QED) is 0.212. The lowest BCUT2D eigenvalue weighted by atomic mass is 10.1. The summed E-state index contributed by atoms with van der Waals surface area (Å²) in [6.45, 7) is 4.71. The van der Waals surface area contributed by atoms with Crippen LogP contribution < -0.4 is 5.73 Å². The highest BCUT2D eigenvalue weighted by Crippen LogP contribution is 2.22. The van der Waals surface area contributed by atoms with E-state index in [1.54, 1.807) is 41.6 Å². The number of amidine groups is 1. The number of nitrogens with one attached hydrogen (secondary N) is 1. The summed E-state index contributed by atoms with van der Waals surface area (Å²) in [6, 6.07) is 10.9. The van der Waals surface area contributed by atoms with E-state index in [1.165, 1.54) is 24.3 Å². The second-order valence-electron chi connectivity index (χ2n) is 8.33. The zero-order valence-corrected chi connectivity index (χ0v) is 22.7. The van der Waals surface area contributed by atoms with Crippen molar-refractivity contribution in [3.8, 4) is 0 Å². The van der Waals surface area contributed by atoms with Crippen LogP contribution >= 0.6 is 12.4 Å². The Morgan fingerprint density at radius 2 is 1.73 bits per heavy atom. The number of aryl methyl sites for hydroxylation is 1. The Morgan fingerprint density at radius 1 is 1.08 bits per heavy atom. The van der Waals surface area contributed by atoms with Gasteiger partial charge in [0.05, 0.1) is 29.0 Å². The number of carbonyl (C=O) groups excluding carboxylic acids is 2. The number of nitrogen functional groups attached to an aromatic ring is 1. The number of ether oxygens (including phenoxy) is 1. The summed E-state index contributed by atoms with van der Waals surface area (Å²) in [6.07, 6.45) is 0.844. The van der Waals surface area contributed by atoms with Crippen LogP contribution in [0.5, 0.6) is 0 Å². The van der Waals surface area contributed by atoms with E-state index >= 15 is 0 Å². The van der Waals surface area contributed by atoms with Crippen LogP contribution in [0.25, 0.3) is 11.0 Å². The van der Waals surface area contributed by atoms with Crippen molar-refractivity contribution in [2.24, 2.45) is 12.8 Å². The van der Waals surface area contributed by atoms with E-state index in [1.807, 2.05) is 6.92 Å². The minimum absolute atomic E-state index is 0. The van der Waals surface area contributed by atoms with Crippen molar-refractivity contribution < 1.29 is 22.7 Å². The number of sulfone groups is 1. The molecule has 0 saturated heterocycles. The Balaban J connectivity index is 0.00000481. The van der Waals surface area contributed by atoms with Crippen molar-refractivity contribution in [2.75, 3.05) is 19.7 Å². The van der Waals surface area contributed by atoms with Gasteiger partial charge in [-0.3, -0.25) is 15.0 Å². The fourth-order valence-electron chi connectivity index (χ4n) is 3.83. The van der Waals surface area contributed by atoms with Crippen LogP contribution in [-0.2, 0) is 32.2 Å². The second kappa shape index (κ2) is 12.7. The summed E-state index contributed by atoms with van der Waals surface area (Å²) in [5.41, 5.74) is 7.49. The third kappa shape index (κ3) is 7.07. The number of imidazole rings is 1. The minimum atomic E-state index is -3.71. The zero-order chi connectivity index (χ0) is 26.5. The Morgan fingerprint density at radius 3 is 2.32 bits per heavy atom. The number of aromatic nitrogens is 2. The molecule has 0 atom stereocenters. The van der Waals surface area contributed by atoms with E-state index in [-0.39, 0.29) is 53.7 Å². The van der Waals surface area contributed by atoms with Crippen molar-refractivity contribution in [2.45, 2.75) is 37.3 Å². The van der Waals surface area contributed by atoms with E-state index in [0.717, 1.165) is 6.42 Å². The van der Waals surface area contributed by atoms with Crippen LogP contribution in [0.3, 0.4) is 0 Å². The van der Waals surface area contributed by atoms with Gasteiger partial charge in [-0.1, -0.05) is 19.1 Å². The molecule has 0 unspecified atom stereocenters. The van der Waals surface area contributed by atoms with Gasteiger partial charge < -0.3 is 19.9 Å². The summed E-state index contributed by atoms with van der Waals surface area (Å²) in [4.78, 5) is 31.1. The SMILES string of the molecule is CCCN(CCC(=O)OCC)C(=O)c1ccc2c(c1)nc(CS(=O)(=O)c1ccc(C(=N)N)cc1)n2C.Cl. The molecule has 2 aromatic carbocycles. The van der Waals surface area contributed by atoms with Crippen LogP contribution in [0.1, 0.15) is 48.4 Å². The molecule has 12 heteroatoms. The number of halogens is 1. The predicted octanol–water partition coefficient (Wildman–Crippen LogP) is 3.06. The van der Waals surface area contributed by atoms with E-state index in [0.29, 0.717) is 41.1 Å². The lowest BCUT2D eigenvalue weighted by Crippen LogP contribution is -2.34. The number of nitrogens with zero attached hydrogens (tertiary/aromatic N) is 3. The van der Waals surface area contributed by atoms with Crippen molar-refractivity contribution in [3.05, 3.63) is 59.4 Å². The molecule has 10 nitrogen and oxygen atoms in total. The van der Waals surface area contributed by atoms with Gasteiger partial charge in [-0.05, 0) is 43.7 Å². The van der Waals surface area contributed by atoms with Gasteiger partial charge in [0, 0.05) is 31.3 Å². The Kier molecular flexibility index (Phi) is 10.2. The van der Waals surface area contributed by atoms with Gasteiger partial charge in [0.2, 0.25) is 0 Å². The first-order valence-corrected chi connectivity index (χ1v) is 13.3. The maximum absolute atomic E-state index is 13.1. The minimum Gasteiger partial charge on any atom is -0.466 e. The largest absolute Gasteiger partial charge is 0.466 e. The molecule has 0 aliphatic carbocycles. The third-order valence-electron chi connectivity index (χ3n) is 5.74. The van der Waals surface area contributed by atoms with Gasteiger partial charge in [-0.25, -0.2) is 13.4 Å². The van der Waals surface area contributed by atoms with Crippen LogP contribution in [0, 0.1) is 5.41 Å². The molecular formula is C25H32ClN5O5S. The lowest BCUT2D eigenvalue weighted by molar-refractivity contribution is -0.143. The molecule has 1 aromatic heterocycles. The molecule has 1 heterocycles. The van der Waals surface area contributed by atoms with Crippen molar-refractivity contribution >= 4 is 51.0 Å². The van der Waals surface area contributed by atoms with Gasteiger partial charge >= 0.3 is 5.97 Å². The smallest absolute Gasteiger partial charge is 0.307 e. The molecule has 0 aliphatic rings. The molecular weight excluding hydrogens is 518 g/mol. The van der Waals surface area contributed by atoms with E-state index in [2.05, 4.69) is 4.98 Å². The Bertz CT molecular complexity index is 1390. The normalized spacial score (nSPS) is 11.1. The number of fused-ring (bicyclic) bond motifs is 1. The molecule has 0 fully saturated rings. The summed E-state index contributed by atoms with van der Waals surface area (Å²) < 4.78 is 32.6. The first kappa shape index (κ1) is 29.8. The van der Waals surface area contributed by atoms with Crippen LogP contribution in [0.4, 0.5) is 0 Å². The third-order valence-corrected chi connectivity index (χ3v) is 7.36. The Hall–Kier alpha value is -3.44. The molecule has 3 rings (SSSR count). The molecule has 37 heavy (non-hydrogen) atoms. The lowest BCUT2D eigenvalue weighted by Gasteiger charge is -2.21. The standard InChI is InChI=1S/C25H31N5O5S.ClH/c1-4-13-30(14-12-23(31)35-5-2)25(32)18-8-11-21-20(15-18)28-22(29(21)3)16-36(33,34)19-9-6-17(7-10-19)24(26)27;/h6-11,15H,4-5,12-14,16H2,1-3H3,(H3,26,27);1H. The number of hydrogen-bond donors (Lipinski definition) is 2. The van der Waals surface area contributed by atoms with Crippen LogP contribution in [-0.4, -0.2) is 60.3 Å².